The maximum atomic E-state index is 10.8. The Morgan fingerprint density at radius 1 is 1.56 bits per heavy atom. The van der Waals surface area contributed by atoms with Crippen molar-refractivity contribution in [2.45, 2.75) is 25.0 Å². The molecule has 0 atom stereocenters. The smallest absolute Gasteiger partial charge is 0.227 e. The Balaban J connectivity index is 2.28. The molecule has 0 saturated carbocycles. The molecule has 2 aromatic rings. The lowest BCUT2D eigenvalue weighted by atomic mass is 10.4. The Morgan fingerprint density at radius 2 is 2.39 bits per heavy atom. The summed E-state index contributed by atoms with van der Waals surface area (Å²) in [5.41, 5.74) is 5.15. The number of carbonyl (C=O) groups is 1. The molecule has 5 nitrogen and oxygen atoms in total. The number of nitrogens with two attached hydrogens (primary N) is 1. The fourth-order valence-corrected chi connectivity index (χ4v) is 2.97. The van der Waals surface area contributed by atoms with Crippen LogP contribution in [0.15, 0.2) is 22.7 Å². The van der Waals surface area contributed by atoms with Crippen LogP contribution in [-0.4, -0.2) is 26.4 Å². The van der Waals surface area contributed by atoms with Gasteiger partial charge in [0.15, 0.2) is 11.0 Å². The highest BCUT2D eigenvalue weighted by Gasteiger charge is 2.14. The molecular weight excluding hydrogens is 268 g/mol. The van der Waals surface area contributed by atoms with Crippen LogP contribution in [0, 0.1) is 0 Å². The summed E-state index contributed by atoms with van der Waals surface area (Å²) >= 11 is 2.96. The van der Waals surface area contributed by atoms with Gasteiger partial charge in [0.1, 0.15) is 0 Å². The van der Waals surface area contributed by atoms with Gasteiger partial charge < -0.3 is 10.3 Å². The Hall–Kier alpha value is -1.34. The van der Waals surface area contributed by atoms with Crippen molar-refractivity contribution in [3.05, 3.63) is 17.5 Å². The average Bonchev–Trinajstić information content (AvgIpc) is 2.95. The van der Waals surface area contributed by atoms with Gasteiger partial charge in [-0.25, -0.2) is 0 Å². The summed E-state index contributed by atoms with van der Waals surface area (Å²) in [5, 5.41) is 11.1. The van der Waals surface area contributed by atoms with E-state index in [1.54, 1.807) is 11.3 Å². The normalized spacial score (nSPS) is 10.7. The molecule has 0 aliphatic rings. The number of nitrogens with zero attached hydrogens (tertiary/aromatic N) is 3. The molecule has 2 N–H and O–H groups in total. The molecule has 0 bridgehead atoms. The molecule has 2 aromatic heterocycles. The van der Waals surface area contributed by atoms with Crippen molar-refractivity contribution in [1.29, 1.82) is 0 Å². The van der Waals surface area contributed by atoms with Gasteiger partial charge >= 0.3 is 0 Å². The predicted octanol–water partition coefficient (Wildman–Crippen LogP) is 1.99. The largest absolute Gasteiger partial charge is 0.369 e. The number of rotatable bonds is 6. The standard InChI is InChI=1S/C11H14N4OS2/c1-2-5-15-10(8-4-3-6-17-8)13-14-11(15)18-7-9(12)16/h3-4,6H,2,5,7H2,1H3,(H2,12,16). The van der Waals surface area contributed by atoms with E-state index in [0.717, 1.165) is 28.8 Å². The summed E-state index contributed by atoms with van der Waals surface area (Å²) in [6, 6.07) is 4.00. The first-order valence-electron chi connectivity index (χ1n) is 5.60. The third kappa shape index (κ3) is 2.91. The number of hydrogen-bond donors (Lipinski definition) is 1. The number of primary amides is 1. The van der Waals surface area contributed by atoms with Gasteiger partial charge in [0.05, 0.1) is 10.6 Å². The minimum atomic E-state index is -0.344. The van der Waals surface area contributed by atoms with Gasteiger partial charge in [-0.2, -0.15) is 0 Å². The summed E-state index contributed by atoms with van der Waals surface area (Å²) < 4.78 is 2.04. The SMILES string of the molecule is CCCn1c(SCC(N)=O)nnc1-c1cccs1. The topological polar surface area (TPSA) is 73.8 Å². The molecule has 2 heterocycles. The second-order valence-electron chi connectivity index (χ2n) is 3.69. The van der Waals surface area contributed by atoms with Crippen molar-refractivity contribution in [2.75, 3.05) is 5.75 Å². The molecule has 0 aliphatic heterocycles. The second-order valence-corrected chi connectivity index (χ2v) is 5.58. The zero-order chi connectivity index (χ0) is 13.0. The molecule has 0 radical (unpaired) electrons. The molecule has 0 fully saturated rings. The highest BCUT2D eigenvalue weighted by atomic mass is 32.2. The predicted molar refractivity (Wildman–Crippen MR) is 73.5 cm³/mol. The Morgan fingerprint density at radius 3 is 3.00 bits per heavy atom. The van der Waals surface area contributed by atoms with Crippen LogP contribution in [0.25, 0.3) is 10.7 Å². The molecule has 0 spiro atoms. The van der Waals surface area contributed by atoms with E-state index >= 15 is 0 Å². The summed E-state index contributed by atoms with van der Waals surface area (Å²) in [7, 11) is 0. The number of aromatic nitrogens is 3. The van der Waals surface area contributed by atoms with Crippen molar-refractivity contribution >= 4 is 29.0 Å². The molecule has 7 heteroatoms. The van der Waals surface area contributed by atoms with Crippen molar-refractivity contribution in [3.8, 4) is 10.7 Å². The van der Waals surface area contributed by atoms with Crippen LogP contribution in [0.2, 0.25) is 0 Å². The van der Waals surface area contributed by atoms with E-state index in [9.17, 15) is 4.79 Å². The van der Waals surface area contributed by atoms with Gasteiger partial charge in [0.25, 0.3) is 0 Å². The zero-order valence-corrected chi connectivity index (χ0v) is 11.6. The third-order valence-electron chi connectivity index (χ3n) is 2.25. The van der Waals surface area contributed by atoms with Crippen LogP contribution >= 0.6 is 23.1 Å². The van der Waals surface area contributed by atoms with Crippen LogP contribution in [0.5, 0.6) is 0 Å². The van der Waals surface area contributed by atoms with E-state index in [1.807, 2.05) is 22.1 Å². The first-order valence-corrected chi connectivity index (χ1v) is 7.47. The van der Waals surface area contributed by atoms with Crippen LogP contribution < -0.4 is 5.73 Å². The molecule has 0 saturated heterocycles. The monoisotopic (exact) mass is 282 g/mol. The fourth-order valence-electron chi connectivity index (χ4n) is 1.54. The van der Waals surface area contributed by atoms with Gasteiger partial charge in [0, 0.05) is 6.54 Å². The maximum absolute atomic E-state index is 10.8. The summed E-state index contributed by atoms with van der Waals surface area (Å²) in [5.74, 6) is 0.745. The third-order valence-corrected chi connectivity index (χ3v) is 4.10. The number of thiophene rings is 1. The van der Waals surface area contributed by atoms with E-state index in [4.69, 9.17) is 5.73 Å². The highest BCUT2D eigenvalue weighted by Crippen LogP contribution is 2.27. The van der Waals surface area contributed by atoms with Gasteiger partial charge in [0.2, 0.25) is 5.91 Å². The molecule has 0 unspecified atom stereocenters. The van der Waals surface area contributed by atoms with Crippen molar-refractivity contribution in [1.82, 2.24) is 14.8 Å². The highest BCUT2D eigenvalue weighted by molar-refractivity contribution is 7.99. The average molecular weight is 282 g/mol. The Bertz CT molecular complexity index is 521. The van der Waals surface area contributed by atoms with Crippen LogP contribution in [0.1, 0.15) is 13.3 Å². The van der Waals surface area contributed by atoms with E-state index in [2.05, 4.69) is 17.1 Å². The number of carbonyl (C=O) groups excluding carboxylic acids is 1. The molecule has 2 rings (SSSR count). The summed E-state index contributed by atoms with van der Waals surface area (Å²) in [6.45, 7) is 2.93. The molecular formula is C11H14N4OS2. The van der Waals surface area contributed by atoms with Gasteiger partial charge in [-0.1, -0.05) is 24.8 Å². The van der Waals surface area contributed by atoms with E-state index in [1.165, 1.54) is 11.8 Å². The summed E-state index contributed by atoms with van der Waals surface area (Å²) in [6.07, 6.45) is 0.987. The molecule has 0 aromatic carbocycles. The van der Waals surface area contributed by atoms with Crippen LogP contribution in [0.3, 0.4) is 0 Å². The first-order chi connectivity index (χ1) is 8.72. The quantitative estimate of drug-likeness (QED) is 0.822. The number of amides is 1. The molecule has 18 heavy (non-hydrogen) atoms. The van der Waals surface area contributed by atoms with Crippen molar-refractivity contribution in [3.63, 3.8) is 0 Å². The fraction of sp³-hybridized carbons (Fsp3) is 0.364. The minimum absolute atomic E-state index is 0.228. The second kappa shape index (κ2) is 6.01. The Labute approximate surface area is 113 Å². The first kappa shape index (κ1) is 13.1. The van der Waals surface area contributed by atoms with Gasteiger partial charge in [-0.05, 0) is 17.9 Å². The van der Waals surface area contributed by atoms with E-state index < -0.39 is 0 Å². The lowest BCUT2D eigenvalue weighted by Crippen LogP contribution is -2.14. The lowest BCUT2D eigenvalue weighted by Gasteiger charge is -2.06. The summed E-state index contributed by atoms with van der Waals surface area (Å²) in [4.78, 5) is 11.9. The van der Waals surface area contributed by atoms with E-state index in [0.29, 0.717) is 0 Å². The maximum Gasteiger partial charge on any atom is 0.227 e. The van der Waals surface area contributed by atoms with Crippen LogP contribution in [-0.2, 0) is 11.3 Å². The zero-order valence-electron chi connectivity index (χ0n) is 10.00. The molecule has 96 valence electrons. The molecule has 1 amide bonds. The van der Waals surface area contributed by atoms with E-state index in [-0.39, 0.29) is 11.7 Å². The van der Waals surface area contributed by atoms with Crippen molar-refractivity contribution < 1.29 is 4.79 Å². The van der Waals surface area contributed by atoms with Gasteiger partial charge in [-0.3, -0.25) is 4.79 Å². The van der Waals surface area contributed by atoms with Gasteiger partial charge in [-0.15, -0.1) is 21.5 Å². The number of thioether (sulfide) groups is 1. The van der Waals surface area contributed by atoms with Crippen molar-refractivity contribution in [2.24, 2.45) is 5.73 Å². The molecule has 0 aliphatic carbocycles. The minimum Gasteiger partial charge on any atom is -0.369 e. The Kier molecular flexibility index (Phi) is 4.38. The van der Waals surface area contributed by atoms with Crippen LogP contribution in [0.4, 0.5) is 0 Å². The lowest BCUT2D eigenvalue weighted by molar-refractivity contribution is -0.115. The number of hydrogen-bond acceptors (Lipinski definition) is 5.